The summed E-state index contributed by atoms with van der Waals surface area (Å²) in [7, 11) is 0. The minimum absolute atomic E-state index is 0.0436. The Labute approximate surface area is 109 Å². The normalized spacial score (nSPS) is 12.0. The Morgan fingerprint density at radius 2 is 1.95 bits per heavy atom. The monoisotopic (exact) mass is 265 g/mol. The van der Waals surface area contributed by atoms with E-state index in [0.717, 1.165) is 12.5 Å². The molecule has 1 heterocycles. The van der Waals surface area contributed by atoms with Crippen LogP contribution in [0.25, 0.3) is 10.9 Å². The molecule has 0 N–H and O–H groups in total. The molecule has 2 aromatic rings. The number of fused-ring (bicyclic) bond motifs is 1. The van der Waals surface area contributed by atoms with Crippen molar-refractivity contribution in [1.82, 2.24) is 4.57 Å². The van der Waals surface area contributed by atoms with Crippen LogP contribution in [-0.2, 0) is 6.54 Å². The first-order chi connectivity index (χ1) is 8.78. The standard InChI is InChI=1S/C14H16FNO3/c1-14(2,3)6-7-16-11-5-4-9(15)8-10(11)12(17)19-13(16)18/h4-5,8H,6-7H2,1-3H3. The first-order valence-corrected chi connectivity index (χ1v) is 6.11. The average Bonchev–Trinajstić information content (AvgIpc) is 2.28. The van der Waals surface area contributed by atoms with Gasteiger partial charge in [0.1, 0.15) is 5.82 Å². The van der Waals surface area contributed by atoms with Gasteiger partial charge in [-0.3, -0.25) is 4.57 Å². The van der Waals surface area contributed by atoms with Gasteiger partial charge in [-0.2, -0.15) is 0 Å². The van der Waals surface area contributed by atoms with Gasteiger partial charge >= 0.3 is 11.4 Å². The number of rotatable bonds is 2. The molecule has 0 amide bonds. The third-order valence-electron chi connectivity index (χ3n) is 2.96. The molecule has 0 saturated carbocycles. The van der Waals surface area contributed by atoms with E-state index in [4.69, 9.17) is 0 Å². The summed E-state index contributed by atoms with van der Waals surface area (Å²) in [4.78, 5) is 23.3. The highest BCUT2D eigenvalue weighted by molar-refractivity contribution is 5.77. The predicted octanol–water partition coefficient (Wildman–Crippen LogP) is 2.53. The van der Waals surface area contributed by atoms with E-state index in [-0.39, 0.29) is 10.8 Å². The number of aromatic nitrogens is 1. The summed E-state index contributed by atoms with van der Waals surface area (Å²) in [6.45, 7) is 6.59. The highest BCUT2D eigenvalue weighted by atomic mass is 19.1. The molecule has 19 heavy (non-hydrogen) atoms. The second-order valence-electron chi connectivity index (χ2n) is 5.78. The molecule has 0 aliphatic heterocycles. The van der Waals surface area contributed by atoms with E-state index < -0.39 is 17.2 Å². The SMILES string of the molecule is CC(C)(C)CCn1c(=O)oc(=O)c2cc(F)ccc21. The fourth-order valence-corrected chi connectivity index (χ4v) is 1.85. The van der Waals surface area contributed by atoms with Gasteiger partial charge in [0.25, 0.3) is 0 Å². The summed E-state index contributed by atoms with van der Waals surface area (Å²) >= 11 is 0. The predicted molar refractivity (Wildman–Crippen MR) is 70.8 cm³/mol. The van der Waals surface area contributed by atoms with Gasteiger partial charge in [-0.05, 0) is 30.0 Å². The van der Waals surface area contributed by atoms with Crippen LogP contribution < -0.4 is 11.4 Å². The fourth-order valence-electron chi connectivity index (χ4n) is 1.85. The Morgan fingerprint density at radius 1 is 1.26 bits per heavy atom. The minimum atomic E-state index is -0.800. The van der Waals surface area contributed by atoms with Crippen molar-refractivity contribution < 1.29 is 8.81 Å². The van der Waals surface area contributed by atoms with E-state index in [1.54, 1.807) is 0 Å². The van der Waals surface area contributed by atoms with Gasteiger partial charge in [0.15, 0.2) is 0 Å². The molecular formula is C14H16FNO3. The molecule has 5 heteroatoms. The van der Waals surface area contributed by atoms with E-state index in [0.29, 0.717) is 12.1 Å². The van der Waals surface area contributed by atoms with Crippen LogP contribution in [-0.4, -0.2) is 4.57 Å². The fraction of sp³-hybridized carbons (Fsp3) is 0.429. The molecule has 0 aliphatic rings. The molecule has 1 aromatic heterocycles. The zero-order valence-electron chi connectivity index (χ0n) is 11.2. The third-order valence-corrected chi connectivity index (χ3v) is 2.96. The van der Waals surface area contributed by atoms with E-state index in [9.17, 15) is 14.0 Å². The average molecular weight is 265 g/mol. The smallest absolute Gasteiger partial charge is 0.372 e. The molecule has 0 atom stereocenters. The number of hydrogen-bond acceptors (Lipinski definition) is 3. The lowest BCUT2D eigenvalue weighted by Crippen LogP contribution is -2.26. The molecule has 0 fully saturated rings. The van der Waals surface area contributed by atoms with Gasteiger partial charge in [-0.25, -0.2) is 14.0 Å². The Kier molecular flexibility index (Phi) is 3.30. The third kappa shape index (κ3) is 2.92. The van der Waals surface area contributed by atoms with Crippen LogP contribution in [0.3, 0.4) is 0 Å². The molecule has 0 aliphatic carbocycles. The summed E-state index contributed by atoms with van der Waals surface area (Å²) in [5, 5.41) is 0.0912. The van der Waals surface area contributed by atoms with Gasteiger partial charge in [0.2, 0.25) is 0 Å². The van der Waals surface area contributed by atoms with Crippen molar-refractivity contribution in [3.05, 3.63) is 45.0 Å². The van der Waals surface area contributed by atoms with Crippen molar-refractivity contribution in [3.63, 3.8) is 0 Å². The maximum absolute atomic E-state index is 13.2. The summed E-state index contributed by atoms with van der Waals surface area (Å²) in [5.41, 5.74) is -0.347. The highest BCUT2D eigenvalue weighted by Crippen LogP contribution is 2.20. The van der Waals surface area contributed by atoms with Crippen LogP contribution in [0, 0.1) is 11.2 Å². The molecule has 0 saturated heterocycles. The highest BCUT2D eigenvalue weighted by Gasteiger charge is 2.14. The number of benzene rings is 1. The second-order valence-corrected chi connectivity index (χ2v) is 5.78. The summed E-state index contributed by atoms with van der Waals surface area (Å²) in [5.74, 6) is -1.23. The van der Waals surface area contributed by atoms with E-state index >= 15 is 0 Å². The number of nitrogens with zero attached hydrogens (tertiary/aromatic N) is 1. The molecule has 0 bridgehead atoms. The van der Waals surface area contributed by atoms with Gasteiger partial charge in [-0.1, -0.05) is 20.8 Å². The van der Waals surface area contributed by atoms with Crippen LogP contribution in [0.1, 0.15) is 27.2 Å². The van der Waals surface area contributed by atoms with E-state index in [2.05, 4.69) is 25.2 Å². The van der Waals surface area contributed by atoms with Crippen molar-refractivity contribution >= 4 is 10.9 Å². The van der Waals surface area contributed by atoms with Gasteiger partial charge in [-0.15, -0.1) is 0 Å². The number of halogens is 1. The molecule has 102 valence electrons. The van der Waals surface area contributed by atoms with Crippen molar-refractivity contribution in [2.24, 2.45) is 5.41 Å². The molecule has 4 nitrogen and oxygen atoms in total. The zero-order valence-corrected chi connectivity index (χ0v) is 11.2. The quantitative estimate of drug-likeness (QED) is 0.838. The maximum atomic E-state index is 13.2. The minimum Gasteiger partial charge on any atom is -0.372 e. The maximum Gasteiger partial charge on any atom is 0.422 e. The first kappa shape index (κ1) is 13.5. The van der Waals surface area contributed by atoms with Crippen LogP contribution in [0.2, 0.25) is 0 Å². The van der Waals surface area contributed by atoms with Crippen molar-refractivity contribution in [1.29, 1.82) is 0 Å². The Balaban J connectivity index is 2.60. The molecule has 0 spiro atoms. The lowest BCUT2D eigenvalue weighted by Gasteiger charge is -2.18. The Hall–Kier alpha value is -1.91. The molecule has 2 rings (SSSR count). The lowest BCUT2D eigenvalue weighted by molar-refractivity contribution is 0.331. The topological polar surface area (TPSA) is 52.2 Å². The van der Waals surface area contributed by atoms with Crippen LogP contribution in [0.4, 0.5) is 4.39 Å². The van der Waals surface area contributed by atoms with Crippen LogP contribution >= 0.6 is 0 Å². The Bertz CT molecular complexity index is 722. The zero-order chi connectivity index (χ0) is 14.2. The molecule has 1 aromatic carbocycles. The van der Waals surface area contributed by atoms with E-state index in [1.165, 1.54) is 16.7 Å². The van der Waals surface area contributed by atoms with Crippen molar-refractivity contribution in [2.75, 3.05) is 0 Å². The summed E-state index contributed by atoms with van der Waals surface area (Å²) in [6.07, 6.45) is 0.743. The van der Waals surface area contributed by atoms with E-state index in [1.807, 2.05) is 0 Å². The molecular weight excluding hydrogens is 249 g/mol. The second kappa shape index (κ2) is 4.64. The lowest BCUT2D eigenvalue weighted by atomic mass is 9.92. The summed E-state index contributed by atoms with van der Waals surface area (Å²) < 4.78 is 19.2. The summed E-state index contributed by atoms with van der Waals surface area (Å²) in [6, 6.07) is 3.76. The first-order valence-electron chi connectivity index (χ1n) is 6.11. The van der Waals surface area contributed by atoms with Crippen molar-refractivity contribution in [2.45, 2.75) is 33.7 Å². The van der Waals surface area contributed by atoms with Gasteiger partial charge < -0.3 is 4.42 Å². The Morgan fingerprint density at radius 3 is 2.58 bits per heavy atom. The van der Waals surface area contributed by atoms with Crippen molar-refractivity contribution in [3.8, 4) is 0 Å². The largest absolute Gasteiger partial charge is 0.422 e. The number of aryl methyl sites for hydroxylation is 1. The molecule has 0 radical (unpaired) electrons. The van der Waals surface area contributed by atoms with Gasteiger partial charge in [0.05, 0.1) is 10.9 Å². The van der Waals surface area contributed by atoms with Crippen LogP contribution in [0.5, 0.6) is 0 Å². The molecule has 0 unspecified atom stereocenters. The van der Waals surface area contributed by atoms with Gasteiger partial charge in [0, 0.05) is 6.54 Å². The van der Waals surface area contributed by atoms with Crippen LogP contribution in [0.15, 0.2) is 32.2 Å². The number of hydrogen-bond donors (Lipinski definition) is 0.